The number of benzene rings is 3. The van der Waals surface area contributed by atoms with Crippen molar-refractivity contribution in [3.05, 3.63) is 94.7 Å². The number of anilines is 1. The summed E-state index contributed by atoms with van der Waals surface area (Å²) in [7, 11) is 3.19. The van der Waals surface area contributed by atoms with Gasteiger partial charge in [-0.2, -0.15) is 13.2 Å². The van der Waals surface area contributed by atoms with Crippen LogP contribution in [-0.4, -0.2) is 36.6 Å². The van der Waals surface area contributed by atoms with E-state index in [1.54, 1.807) is 26.5 Å². The number of aromatic nitrogens is 1. The molecule has 1 N–H and O–H groups in total. The second-order valence-corrected chi connectivity index (χ2v) is 9.13. The zero-order valence-electron chi connectivity index (χ0n) is 20.9. The third-order valence-corrected chi connectivity index (χ3v) is 6.77. The Labute approximate surface area is 218 Å². The molecular weight excluding hydrogens is 495 g/mol. The molecule has 0 unspecified atom stereocenters. The molecule has 3 aromatic carbocycles. The van der Waals surface area contributed by atoms with Crippen molar-refractivity contribution in [2.75, 3.05) is 26.1 Å². The Morgan fingerprint density at radius 2 is 1.79 bits per heavy atom. The molecule has 0 saturated carbocycles. The number of fused-ring (bicyclic) bond motifs is 2. The molecule has 0 fully saturated rings. The Bertz CT molecular complexity index is 1500. The lowest BCUT2D eigenvalue weighted by Crippen LogP contribution is -2.31. The highest BCUT2D eigenvalue weighted by molar-refractivity contribution is 6.05. The van der Waals surface area contributed by atoms with E-state index < -0.39 is 17.6 Å². The van der Waals surface area contributed by atoms with Crippen LogP contribution in [0.3, 0.4) is 0 Å². The summed E-state index contributed by atoms with van der Waals surface area (Å²) in [4.78, 5) is 19.8. The van der Waals surface area contributed by atoms with Crippen LogP contribution in [0.2, 0.25) is 0 Å². The van der Waals surface area contributed by atoms with Crippen LogP contribution in [-0.2, 0) is 25.7 Å². The van der Waals surface area contributed by atoms with E-state index >= 15 is 0 Å². The van der Waals surface area contributed by atoms with Gasteiger partial charge in [-0.3, -0.25) is 14.7 Å². The van der Waals surface area contributed by atoms with E-state index in [9.17, 15) is 18.0 Å². The first-order chi connectivity index (χ1) is 18.3. The van der Waals surface area contributed by atoms with Crippen molar-refractivity contribution in [3.63, 3.8) is 0 Å². The number of carbonyl (C=O) groups excluding carboxylic acids is 1. The summed E-state index contributed by atoms with van der Waals surface area (Å²) in [5, 5.41) is 3.61. The van der Waals surface area contributed by atoms with Gasteiger partial charge in [0, 0.05) is 48.5 Å². The maximum atomic E-state index is 13.1. The monoisotopic (exact) mass is 521 g/mol. The Hall–Kier alpha value is -4.11. The third-order valence-electron chi connectivity index (χ3n) is 6.77. The molecule has 1 aliphatic rings. The van der Waals surface area contributed by atoms with Crippen molar-refractivity contribution in [3.8, 4) is 11.5 Å². The minimum Gasteiger partial charge on any atom is -0.493 e. The Morgan fingerprint density at radius 1 is 1.03 bits per heavy atom. The lowest BCUT2D eigenvalue weighted by molar-refractivity contribution is -0.137. The van der Waals surface area contributed by atoms with E-state index in [-0.39, 0.29) is 5.69 Å². The van der Waals surface area contributed by atoms with Gasteiger partial charge in [0.2, 0.25) is 0 Å². The zero-order valence-corrected chi connectivity index (χ0v) is 20.9. The average molecular weight is 522 g/mol. The average Bonchev–Trinajstić information content (AvgIpc) is 2.91. The van der Waals surface area contributed by atoms with E-state index in [0.717, 1.165) is 46.3 Å². The van der Waals surface area contributed by atoms with Gasteiger partial charge >= 0.3 is 6.18 Å². The van der Waals surface area contributed by atoms with Gasteiger partial charge in [-0.05, 0) is 59.5 Å². The van der Waals surface area contributed by atoms with E-state index in [1.165, 1.54) is 12.1 Å². The Kier molecular flexibility index (Phi) is 6.94. The maximum Gasteiger partial charge on any atom is 0.416 e. The van der Waals surface area contributed by atoms with Gasteiger partial charge in [-0.15, -0.1) is 0 Å². The Morgan fingerprint density at radius 3 is 2.55 bits per heavy atom. The Balaban J connectivity index is 1.35. The van der Waals surface area contributed by atoms with Gasteiger partial charge in [0.25, 0.3) is 5.91 Å². The fourth-order valence-corrected chi connectivity index (χ4v) is 4.90. The fourth-order valence-electron chi connectivity index (χ4n) is 4.90. The van der Waals surface area contributed by atoms with Crippen molar-refractivity contribution < 1.29 is 27.4 Å². The summed E-state index contributed by atoms with van der Waals surface area (Å²) in [5.74, 6) is 0.831. The quantitative estimate of drug-likeness (QED) is 0.333. The second kappa shape index (κ2) is 10.3. The molecule has 0 spiro atoms. The largest absolute Gasteiger partial charge is 0.493 e. The number of ether oxygens (including phenoxy) is 2. The first-order valence-corrected chi connectivity index (χ1v) is 12.1. The number of amides is 1. The van der Waals surface area contributed by atoms with E-state index in [2.05, 4.69) is 15.2 Å². The van der Waals surface area contributed by atoms with Crippen LogP contribution in [0.1, 0.15) is 32.6 Å². The summed E-state index contributed by atoms with van der Waals surface area (Å²) in [5.41, 5.74) is 3.62. The molecule has 1 aliphatic heterocycles. The molecule has 0 bridgehead atoms. The van der Waals surface area contributed by atoms with Gasteiger partial charge in [-0.1, -0.05) is 18.2 Å². The summed E-state index contributed by atoms with van der Waals surface area (Å²) in [6.07, 6.45) is -2.06. The van der Waals surface area contributed by atoms with Gasteiger partial charge < -0.3 is 14.8 Å². The summed E-state index contributed by atoms with van der Waals surface area (Å²) >= 11 is 0. The van der Waals surface area contributed by atoms with Crippen molar-refractivity contribution in [2.24, 2.45) is 0 Å². The SMILES string of the molecule is COc1cc2nccc(CN3CCc4c(cccc4C(=O)Nc4cccc(C(F)(F)F)c4)C3)c2cc1OC. The number of hydrogen-bond acceptors (Lipinski definition) is 5. The molecule has 6 nitrogen and oxygen atoms in total. The number of carbonyl (C=O) groups is 1. The lowest BCUT2D eigenvalue weighted by Gasteiger charge is -2.30. The topological polar surface area (TPSA) is 63.7 Å². The van der Waals surface area contributed by atoms with Gasteiger partial charge in [-0.25, -0.2) is 0 Å². The molecule has 1 amide bonds. The van der Waals surface area contributed by atoms with Crippen molar-refractivity contribution >= 4 is 22.5 Å². The molecule has 0 saturated heterocycles. The number of methoxy groups -OCH3 is 2. The van der Waals surface area contributed by atoms with Gasteiger partial charge in [0.15, 0.2) is 11.5 Å². The predicted octanol–water partition coefficient (Wildman–Crippen LogP) is 6.08. The highest BCUT2D eigenvalue weighted by atomic mass is 19.4. The number of hydrogen-bond donors (Lipinski definition) is 1. The summed E-state index contributed by atoms with van der Waals surface area (Å²) < 4.78 is 50.1. The molecule has 196 valence electrons. The van der Waals surface area contributed by atoms with E-state index in [4.69, 9.17) is 9.47 Å². The fraction of sp³-hybridized carbons (Fsp3) is 0.241. The van der Waals surface area contributed by atoms with Crippen molar-refractivity contribution in [1.29, 1.82) is 0 Å². The first-order valence-electron chi connectivity index (χ1n) is 12.1. The maximum absolute atomic E-state index is 13.1. The number of alkyl halides is 3. The molecule has 1 aromatic heterocycles. The van der Waals surface area contributed by atoms with Crippen LogP contribution in [0.5, 0.6) is 11.5 Å². The summed E-state index contributed by atoms with van der Waals surface area (Å²) in [6.45, 7) is 2.03. The van der Waals surface area contributed by atoms with Crippen LogP contribution in [0.15, 0.2) is 66.9 Å². The van der Waals surface area contributed by atoms with Crippen LogP contribution in [0, 0.1) is 0 Å². The first kappa shape index (κ1) is 25.5. The normalized spacial score (nSPS) is 13.7. The van der Waals surface area contributed by atoms with Crippen LogP contribution < -0.4 is 14.8 Å². The van der Waals surface area contributed by atoms with Crippen LogP contribution >= 0.6 is 0 Å². The smallest absolute Gasteiger partial charge is 0.416 e. The number of nitrogens with one attached hydrogen (secondary N) is 1. The highest BCUT2D eigenvalue weighted by Crippen LogP contribution is 2.34. The van der Waals surface area contributed by atoms with Crippen molar-refractivity contribution in [1.82, 2.24) is 9.88 Å². The van der Waals surface area contributed by atoms with Crippen LogP contribution in [0.4, 0.5) is 18.9 Å². The number of nitrogens with zero attached hydrogens (tertiary/aromatic N) is 2. The summed E-state index contributed by atoms with van der Waals surface area (Å²) in [6, 6.07) is 16.0. The molecule has 0 aliphatic carbocycles. The minimum atomic E-state index is -4.48. The molecule has 38 heavy (non-hydrogen) atoms. The minimum absolute atomic E-state index is 0.108. The van der Waals surface area contributed by atoms with Gasteiger partial charge in [0.1, 0.15) is 0 Å². The third kappa shape index (κ3) is 5.15. The molecular formula is C29H26F3N3O3. The number of halogens is 3. The molecule has 9 heteroatoms. The lowest BCUT2D eigenvalue weighted by atomic mass is 9.93. The zero-order chi connectivity index (χ0) is 26.9. The van der Waals surface area contributed by atoms with E-state index in [0.29, 0.717) is 36.6 Å². The number of rotatable bonds is 6. The predicted molar refractivity (Wildman–Crippen MR) is 139 cm³/mol. The van der Waals surface area contributed by atoms with Crippen LogP contribution in [0.25, 0.3) is 10.9 Å². The molecule has 0 radical (unpaired) electrons. The standard InChI is InChI=1S/C29H26F3N3O3/c1-37-26-14-24-19(9-11-33-25(24)15-27(26)38-2)17-35-12-10-22-18(16-35)5-3-8-23(22)28(36)34-21-7-4-6-20(13-21)29(30,31)32/h3-9,11,13-15H,10,12,16-17H2,1-2H3,(H,34,36). The molecule has 2 heterocycles. The van der Waals surface area contributed by atoms with E-state index in [1.807, 2.05) is 30.3 Å². The second-order valence-electron chi connectivity index (χ2n) is 9.13. The molecule has 4 aromatic rings. The highest BCUT2D eigenvalue weighted by Gasteiger charge is 2.30. The molecule has 5 rings (SSSR count). The van der Waals surface area contributed by atoms with Gasteiger partial charge in [0.05, 0.1) is 25.3 Å². The molecule has 0 atom stereocenters. The number of pyridine rings is 1. The van der Waals surface area contributed by atoms with Crippen molar-refractivity contribution in [2.45, 2.75) is 25.7 Å².